The summed E-state index contributed by atoms with van der Waals surface area (Å²) in [6.07, 6.45) is 0. The molecule has 0 atom stereocenters. The van der Waals surface area contributed by atoms with Crippen molar-refractivity contribution in [2.45, 2.75) is 6.61 Å². The third-order valence-corrected chi connectivity index (χ3v) is 2.98. The predicted molar refractivity (Wildman–Crippen MR) is 75.3 cm³/mol. The highest BCUT2D eigenvalue weighted by Crippen LogP contribution is 2.29. The van der Waals surface area contributed by atoms with E-state index in [-0.39, 0.29) is 0 Å². The molecule has 0 spiro atoms. The van der Waals surface area contributed by atoms with Crippen LogP contribution in [0.5, 0.6) is 17.2 Å². The quantitative estimate of drug-likeness (QED) is 0.829. The Morgan fingerprint density at radius 3 is 2.00 bits per heavy atom. The number of methoxy groups -OCH3 is 2. The number of hydrogen-bond donors (Lipinski definition) is 0. The van der Waals surface area contributed by atoms with Gasteiger partial charge in [0, 0.05) is 5.02 Å². The van der Waals surface area contributed by atoms with E-state index < -0.39 is 0 Å². The summed E-state index contributed by atoms with van der Waals surface area (Å²) >= 11 is 5.83. The summed E-state index contributed by atoms with van der Waals surface area (Å²) in [6.45, 7) is 0.370. The zero-order valence-corrected chi connectivity index (χ0v) is 11.6. The van der Waals surface area contributed by atoms with Gasteiger partial charge < -0.3 is 14.2 Å². The lowest BCUT2D eigenvalue weighted by Gasteiger charge is -2.13. The van der Waals surface area contributed by atoms with E-state index in [4.69, 9.17) is 25.8 Å². The largest absolute Gasteiger partial charge is 0.496 e. The van der Waals surface area contributed by atoms with Gasteiger partial charge in [-0.1, -0.05) is 17.7 Å². The fraction of sp³-hybridized carbons (Fsp3) is 0.200. The van der Waals surface area contributed by atoms with Crippen LogP contribution in [0.2, 0.25) is 5.02 Å². The predicted octanol–water partition coefficient (Wildman–Crippen LogP) is 3.94. The molecule has 0 aromatic heterocycles. The molecule has 0 heterocycles. The number of ether oxygens (including phenoxy) is 3. The summed E-state index contributed by atoms with van der Waals surface area (Å²) in [5.74, 6) is 2.24. The van der Waals surface area contributed by atoms with Crippen molar-refractivity contribution in [1.82, 2.24) is 0 Å². The fourth-order valence-electron chi connectivity index (χ4n) is 1.76. The molecule has 0 unspecified atom stereocenters. The van der Waals surface area contributed by atoms with Gasteiger partial charge in [-0.3, -0.25) is 0 Å². The van der Waals surface area contributed by atoms with Crippen molar-refractivity contribution in [3.63, 3.8) is 0 Å². The van der Waals surface area contributed by atoms with Gasteiger partial charge in [-0.05, 0) is 36.4 Å². The Balaban J connectivity index is 2.16. The lowest BCUT2D eigenvalue weighted by atomic mass is 10.2. The van der Waals surface area contributed by atoms with E-state index in [1.54, 1.807) is 26.4 Å². The van der Waals surface area contributed by atoms with E-state index in [0.717, 1.165) is 22.8 Å². The molecule has 2 rings (SSSR count). The molecule has 2 aromatic carbocycles. The zero-order chi connectivity index (χ0) is 13.7. The molecule has 0 aliphatic rings. The number of hydrogen-bond acceptors (Lipinski definition) is 3. The molecule has 0 saturated carbocycles. The summed E-state index contributed by atoms with van der Waals surface area (Å²) in [5, 5.41) is 0.683. The first-order valence-electron chi connectivity index (χ1n) is 5.83. The second kappa shape index (κ2) is 6.34. The van der Waals surface area contributed by atoms with Crippen LogP contribution < -0.4 is 14.2 Å². The van der Waals surface area contributed by atoms with Gasteiger partial charge in [-0.15, -0.1) is 0 Å². The van der Waals surface area contributed by atoms with E-state index in [0.29, 0.717) is 11.6 Å². The van der Waals surface area contributed by atoms with Crippen LogP contribution in [0, 0.1) is 0 Å². The Morgan fingerprint density at radius 1 is 0.895 bits per heavy atom. The molecule has 4 heteroatoms. The summed E-state index contributed by atoms with van der Waals surface area (Å²) in [6, 6.07) is 12.9. The molecular weight excluding hydrogens is 264 g/mol. The van der Waals surface area contributed by atoms with E-state index in [2.05, 4.69) is 0 Å². The third kappa shape index (κ3) is 3.32. The highest BCUT2D eigenvalue weighted by Gasteiger charge is 2.10. The van der Waals surface area contributed by atoms with Gasteiger partial charge in [0.2, 0.25) is 0 Å². The van der Waals surface area contributed by atoms with Crippen LogP contribution in [-0.2, 0) is 6.61 Å². The highest BCUT2D eigenvalue weighted by molar-refractivity contribution is 6.30. The standard InChI is InChI=1S/C15H15ClO3/c1-17-14-4-3-5-15(18-2)13(14)10-19-12-8-6-11(16)7-9-12/h3-9H,10H2,1-2H3. The third-order valence-electron chi connectivity index (χ3n) is 2.73. The average molecular weight is 279 g/mol. The first-order valence-corrected chi connectivity index (χ1v) is 6.20. The van der Waals surface area contributed by atoms with Crippen LogP contribution >= 0.6 is 11.6 Å². The van der Waals surface area contributed by atoms with Crippen LogP contribution in [0.4, 0.5) is 0 Å². The highest BCUT2D eigenvalue weighted by atomic mass is 35.5. The van der Waals surface area contributed by atoms with Crippen molar-refractivity contribution >= 4 is 11.6 Å². The van der Waals surface area contributed by atoms with Gasteiger partial charge >= 0.3 is 0 Å². The van der Waals surface area contributed by atoms with E-state index in [1.807, 2.05) is 30.3 Å². The summed E-state index contributed by atoms with van der Waals surface area (Å²) < 4.78 is 16.3. The molecular formula is C15H15ClO3. The summed E-state index contributed by atoms with van der Waals surface area (Å²) in [5.41, 5.74) is 0.877. The molecule has 100 valence electrons. The van der Waals surface area contributed by atoms with Crippen molar-refractivity contribution in [2.75, 3.05) is 14.2 Å². The fourth-order valence-corrected chi connectivity index (χ4v) is 1.88. The molecule has 0 aliphatic heterocycles. The SMILES string of the molecule is COc1cccc(OC)c1COc1ccc(Cl)cc1. The van der Waals surface area contributed by atoms with Crippen molar-refractivity contribution in [2.24, 2.45) is 0 Å². The molecule has 2 aromatic rings. The van der Waals surface area contributed by atoms with Gasteiger partial charge in [-0.2, -0.15) is 0 Å². The second-order valence-electron chi connectivity index (χ2n) is 3.88. The second-order valence-corrected chi connectivity index (χ2v) is 4.32. The molecule has 0 saturated heterocycles. The zero-order valence-electron chi connectivity index (χ0n) is 10.9. The lowest BCUT2D eigenvalue weighted by Crippen LogP contribution is -2.01. The monoisotopic (exact) mass is 278 g/mol. The van der Waals surface area contributed by atoms with E-state index in [1.165, 1.54) is 0 Å². The molecule has 0 amide bonds. The molecule has 0 radical (unpaired) electrons. The van der Waals surface area contributed by atoms with Gasteiger partial charge in [0.15, 0.2) is 0 Å². The topological polar surface area (TPSA) is 27.7 Å². The van der Waals surface area contributed by atoms with Crippen molar-refractivity contribution in [1.29, 1.82) is 0 Å². The first-order chi connectivity index (χ1) is 9.24. The molecule has 0 bridgehead atoms. The smallest absolute Gasteiger partial charge is 0.129 e. The minimum absolute atomic E-state index is 0.370. The van der Waals surface area contributed by atoms with Crippen molar-refractivity contribution < 1.29 is 14.2 Å². The number of halogens is 1. The molecule has 0 N–H and O–H groups in total. The maximum atomic E-state index is 5.83. The maximum Gasteiger partial charge on any atom is 0.129 e. The summed E-state index contributed by atoms with van der Waals surface area (Å²) in [4.78, 5) is 0. The van der Waals surface area contributed by atoms with Gasteiger partial charge in [-0.25, -0.2) is 0 Å². The van der Waals surface area contributed by atoms with Crippen LogP contribution in [0.15, 0.2) is 42.5 Å². The van der Waals surface area contributed by atoms with E-state index >= 15 is 0 Å². The minimum atomic E-state index is 0.370. The normalized spacial score (nSPS) is 10.1. The molecule has 3 nitrogen and oxygen atoms in total. The lowest BCUT2D eigenvalue weighted by molar-refractivity contribution is 0.286. The molecule has 0 fully saturated rings. The summed E-state index contributed by atoms with van der Waals surface area (Å²) in [7, 11) is 3.25. The Hall–Kier alpha value is -1.87. The Morgan fingerprint density at radius 2 is 1.47 bits per heavy atom. The minimum Gasteiger partial charge on any atom is -0.496 e. The van der Waals surface area contributed by atoms with Gasteiger partial charge in [0.05, 0.1) is 19.8 Å². The molecule has 19 heavy (non-hydrogen) atoms. The Labute approximate surface area is 117 Å². The Bertz CT molecular complexity index is 515. The number of benzene rings is 2. The maximum absolute atomic E-state index is 5.83. The first kappa shape index (κ1) is 13.6. The van der Waals surface area contributed by atoms with Crippen LogP contribution in [-0.4, -0.2) is 14.2 Å². The van der Waals surface area contributed by atoms with Crippen molar-refractivity contribution in [3.8, 4) is 17.2 Å². The molecule has 0 aliphatic carbocycles. The van der Waals surface area contributed by atoms with Crippen LogP contribution in [0.25, 0.3) is 0 Å². The Kier molecular flexibility index (Phi) is 4.53. The van der Waals surface area contributed by atoms with Crippen LogP contribution in [0.1, 0.15) is 5.56 Å². The van der Waals surface area contributed by atoms with Crippen LogP contribution in [0.3, 0.4) is 0 Å². The average Bonchev–Trinajstić information content (AvgIpc) is 2.46. The van der Waals surface area contributed by atoms with Crippen molar-refractivity contribution in [3.05, 3.63) is 53.1 Å². The van der Waals surface area contributed by atoms with E-state index in [9.17, 15) is 0 Å². The number of rotatable bonds is 5. The van der Waals surface area contributed by atoms with Gasteiger partial charge in [0.25, 0.3) is 0 Å². The van der Waals surface area contributed by atoms with Gasteiger partial charge in [0.1, 0.15) is 23.9 Å².